The van der Waals surface area contributed by atoms with Gasteiger partial charge in [-0.1, -0.05) is 12.2 Å². The summed E-state index contributed by atoms with van der Waals surface area (Å²) in [5.41, 5.74) is 5.41. The van der Waals surface area contributed by atoms with E-state index in [2.05, 4.69) is 4.98 Å². The van der Waals surface area contributed by atoms with Gasteiger partial charge in [-0.05, 0) is 0 Å². The summed E-state index contributed by atoms with van der Waals surface area (Å²) in [6.45, 7) is 0. The Morgan fingerprint density at radius 1 is 1.75 bits per heavy atom. The van der Waals surface area contributed by atoms with Crippen LogP contribution in [0.1, 0.15) is 4.88 Å². The molecular weight excluding hydrogens is 190 g/mol. The number of thiocarbonyl (C=S) groups is 1. The third kappa shape index (κ3) is 2.42. The minimum atomic E-state index is 0.518. The fourth-order valence-electron chi connectivity index (χ4n) is 0.757. The van der Waals surface area contributed by atoms with Gasteiger partial charge in [-0.2, -0.15) is 0 Å². The fraction of sp³-hybridized carbons (Fsp3) is 0.429. The molecule has 0 atom stereocenters. The number of anilines is 1. The van der Waals surface area contributed by atoms with E-state index in [0.717, 1.165) is 10.0 Å². The third-order valence-electron chi connectivity index (χ3n) is 1.27. The number of hydrogen-bond donors (Lipinski definition) is 1. The molecule has 0 bridgehead atoms. The number of aromatic nitrogens is 1. The second-order valence-corrected chi connectivity index (χ2v) is 4.26. The Kier molecular flexibility index (Phi) is 2.99. The molecule has 0 aliphatic heterocycles. The van der Waals surface area contributed by atoms with Gasteiger partial charge in [0, 0.05) is 31.6 Å². The summed E-state index contributed by atoms with van der Waals surface area (Å²) in [5, 5.41) is 0.987. The normalized spacial score (nSPS) is 9.83. The fourth-order valence-corrected chi connectivity index (χ4v) is 1.86. The van der Waals surface area contributed by atoms with Crippen LogP contribution in [-0.2, 0) is 6.42 Å². The smallest absolute Gasteiger partial charge is 0.184 e. The molecule has 0 spiro atoms. The van der Waals surface area contributed by atoms with Crippen LogP contribution in [0.4, 0.5) is 5.13 Å². The molecule has 0 amide bonds. The molecule has 0 aliphatic rings. The molecule has 0 aliphatic carbocycles. The van der Waals surface area contributed by atoms with Gasteiger partial charge in [-0.15, -0.1) is 11.3 Å². The van der Waals surface area contributed by atoms with Crippen LogP contribution in [0.5, 0.6) is 0 Å². The number of nitrogens with zero attached hydrogens (tertiary/aromatic N) is 2. The molecule has 0 aromatic carbocycles. The van der Waals surface area contributed by atoms with Crippen molar-refractivity contribution in [1.82, 2.24) is 4.98 Å². The summed E-state index contributed by atoms with van der Waals surface area (Å²) in [5.74, 6) is 0. The molecule has 3 nitrogen and oxygen atoms in total. The first-order valence-electron chi connectivity index (χ1n) is 3.50. The molecule has 0 unspecified atom stereocenters. The Labute approximate surface area is 81.2 Å². The molecule has 1 aromatic rings. The summed E-state index contributed by atoms with van der Waals surface area (Å²) in [4.78, 5) is 7.80. The Hall–Kier alpha value is -0.680. The molecule has 0 radical (unpaired) electrons. The van der Waals surface area contributed by atoms with Gasteiger partial charge in [0.05, 0.1) is 4.99 Å². The van der Waals surface area contributed by atoms with Crippen LogP contribution in [0.15, 0.2) is 6.20 Å². The van der Waals surface area contributed by atoms with Crippen LogP contribution >= 0.6 is 23.6 Å². The van der Waals surface area contributed by atoms with Gasteiger partial charge >= 0.3 is 0 Å². The Bertz CT molecular complexity index is 280. The topological polar surface area (TPSA) is 42.2 Å². The maximum atomic E-state index is 5.41. The molecule has 12 heavy (non-hydrogen) atoms. The van der Waals surface area contributed by atoms with Crippen LogP contribution in [0, 0.1) is 0 Å². The van der Waals surface area contributed by atoms with Crippen molar-refractivity contribution in [2.75, 3.05) is 19.0 Å². The zero-order chi connectivity index (χ0) is 9.14. The van der Waals surface area contributed by atoms with Crippen LogP contribution in [0.25, 0.3) is 0 Å². The van der Waals surface area contributed by atoms with E-state index < -0.39 is 0 Å². The van der Waals surface area contributed by atoms with E-state index in [1.54, 1.807) is 11.3 Å². The first-order valence-corrected chi connectivity index (χ1v) is 4.72. The molecular formula is C7H11N3S2. The van der Waals surface area contributed by atoms with E-state index in [1.165, 1.54) is 0 Å². The van der Waals surface area contributed by atoms with Gasteiger partial charge in [0.2, 0.25) is 0 Å². The van der Waals surface area contributed by atoms with E-state index in [-0.39, 0.29) is 0 Å². The lowest BCUT2D eigenvalue weighted by atomic mass is 10.4. The van der Waals surface area contributed by atoms with E-state index in [1.807, 2.05) is 25.2 Å². The van der Waals surface area contributed by atoms with Gasteiger partial charge in [0.15, 0.2) is 5.13 Å². The third-order valence-corrected chi connectivity index (χ3v) is 2.58. The van der Waals surface area contributed by atoms with E-state index in [9.17, 15) is 0 Å². The summed E-state index contributed by atoms with van der Waals surface area (Å²) >= 11 is 6.41. The maximum absolute atomic E-state index is 5.41. The Morgan fingerprint density at radius 3 is 2.83 bits per heavy atom. The van der Waals surface area contributed by atoms with E-state index >= 15 is 0 Å². The summed E-state index contributed by atoms with van der Waals surface area (Å²) in [6.07, 6.45) is 2.47. The van der Waals surface area contributed by atoms with Crippen LogP contribution < -0.4 is 10.6 Å². The molecule has 0 saturated carbocycles. The second-order valence-electron chi connectivity index (χ2n) is 2.65. The summed E-state index contributed by atoms with van der Waals surface area (Å²) in [7, 11) is 3.92. The summed E-state index contributed by atoms with van der Waals surface area (Å²) in [6, 6.07) is 0. The number of thiazole rings is 1. The van der Waals surface area contributed by atoms with Crippen LogP contribution in [-0.4, -0.2) is 24.1 Å². The van der Waals surface area contributed by atoms with E-state index in [4.69, 9.17) is 18.0 Å². The molecule has 0 saturated heterocycles. The second kappa shape index (κ2) is 3.82. The Morgan fingerprint density at radius 2 is 2.42 bits per heavy atom. The lowest BCUT2D eigenvalue weighted by Gasteiger charge is -2.04. The molecule has 1 rings (SSSR count). The zero-order valence-electron chi connectivity index (χ0n) is 7.07. The number of rotatable bonds is 3. The first-order chi connectivity index (χ1) is 5.59. The molecule has 2 N–H and O–H groups in total. The van der Waals surface area contributed by atoms with Crippen molar-refractivity contribution in [3.63, 3.8) is 0 Å². The molecule has 5 heteroatoms. The van der Waals surface area contributed by atoms with Gasteiger partial charge < -0.3 is 10.6 Å². The van der Waals surface area contributed by atoms with Crippen molar-refractivity contribution in [3.05, 3.63) is 11.1 Å². The van der Waals surface area contributed by atoms with Crippen molar-refractivity contribution in [1.29, 1.82) is 0 Å². The zero-order valence-corrected chi connectivity index (χ0v) is 8.71. The monoisotopic (exact) mass is 201 g/mol. The van der Waals surface area contributed by atoms with Crippen molar-refractivity contribution in [3.8, 4) is 0 Å². The van der Waals surface area contributed by atoms with Gasteiger partial charge in [-0.3, -0.25) is 0 Å². The Balaban J connectivity index is 2.70. The highest BCUT2D eigenvalue weighted by atomic mass is 32.1. The first kappa shape index (κ1) is 9.41. The van der Waals surface area contributed by atoms with Crippen molar-refractivity contribution < 1.29 is 0 Å². The largest absolute Gasteiger partial charge is 0.393 e. The van der Waals surface area contributed by atoms with Crippen molar-refractivity contribution in [2.45, 2.75) is 6.42 Å². The molecule has 1 aromatic heterocycles. The molecule has 0 fully saturated rings. The minimum Gasteiger partial charge on any atom is -0.393 e. The van der Waals surface area contributed by atoms with Crippen LogP contribution in [0.2, 0.25) is 0 Å². The maximum Gasteiger partial charge on any atom is 0.184 e. The van der Waals surface area contributed by atoms with Crippen LogP contribution in [0.3, 0.4) is 0 Å². The highest BCUT2D eigenvalue weighted by Gasteiger charge is 2.03. The minimum absolute atomic E-state index is 0.518. The SMILES string of the molecule is CN(C)c1ncc(CC(N)=S)s1. The lowest BCUT2D eigenvalue weighted by Crippen LogP contribution is -2.09. The predicted molar refractivity (Wildman–Crippen MR) is 56.9 cm³/mol. The van der Waals surface area contributed by atoms with E-state index in [0.29, 0.717) is 11.4 Å². The highest BCUT2D eigenvalue weighted by molar-refractivity contribution is 7.80. The average Bonchev–Trinajstić information content (AvgIpc) is 2.34. The van der Waals surface area contributed by atoms with Crippen molar-refractivity contribution >= 4 is 33.7 Å². The van der Waals surface area contributed by atoms with Gasteiger partial charge in [0.25, 0.3) is 0 Å². The average molecular weight is 201 g/mol. The summed E-state index contributed by atoms with van der Waals surface area (Å²) < 4.78 is 0. The predicted octanol–water partition coefficient (Wildman–Crippen LogP) is 1.04. The van der Waals surface area contributed by atoms with Crippen molar-refractivity contribution in [2.24, 2.45) is 5.73 Å². The van der Waals surface area contributed by atoms with Gasteiger partial charge in [0.1, 0.15) is 0 Å². The molecule has 66 valence electrons. The highest BCUT2D eigenvalue weighted by Crippen LogP contribution is 2.20. The standard InChI is InChI=1S/C7H11N3S2/c1-10(2)7-9-4-5(12-7)3-6(8)11/h4H,3H2,1-2H3,(H2,8,11). The number of nitrogens with two attached hydrogens (primary N) is 1. The molecule has 1 heterocycles. The number of hydrogen-bond acceptors (Lipinski definition) is 4. The quantitative estimate of drug-likeness (QED) is 0.742. The lowest BCUT2D eigenvalue weighted by molar-refractivity contribution is 1.10. The van der Waals surface area contributed by atoms with Gasteiger partial charge in [-0.25, -0.2) is 4.98 Å².